The number of benzene rings is 1. The van der Waals surface area contributed by atoms with Gasteiger partial charge < -0.3 is 39.0 Å². The second-order valence-corrected chi connectivity index (χ2v) is 12.3. The van der Waals surface area contributed by atoms with E-state index in [2.05, 4.69) is 6.58 Å². The maximum atomic E-state index is 13.7. The minimum Gasteiger partial charge on any atom is -0.455 e. The first-order valence-corrected chi connectivity index (χ1v) is 14.0. The van der Waals surface area contributed by atoms with Crippen molar-refractivity contribution in [3.05, 3.63) is 71.8 Å². The molecule has 12 unspecified atom stereocenters. The molecule has 218 valence electrons. The molecule has 10 heteroatoms. The monoisotopic (exact) mass is 566 g/mol. The number of allylic oxidation sites excluding steroid dienone is 1. The fraction of sp³-hybridized carbons (Fsp3) is 0.548. The summed E-state index contributed by atoms with van der Waals surface area (Å²) in [7, 11) is 0. The van der Waals surface area contributed by atoms with Crippen molar-refractivity contribution in [1.29, 1.82) is 0 Å². The van der Waals surface area contributed by atoms with Crippen LogP contribution in [0.1, 0.15) is 33.3 Å². The van der Waals surface area contributed by atoms with Gasteiger partial charge in [-0.2, -0.15) is 0 Å². The molecular weight excluding hydrogens is 532 g/mol. The Morgan fingerprint density at radius 1 is 1.17 bits per heavy atom. The topological polar surface area (TPSA) is 144 Å². The van der Waals surface area contributed by atoms with E-state index < -0.39 is 88.9 Å². The van der Waals surface area contributed by atoms with Gasteiger partial charge >= 0.3 is 11.9 Å². The standard InChI is InChI=1S/C31H34O10/c1-6-10-20(33)37-23-17(5)30-19-13-16(4)22(34)28(19,36)26(35)27(14-32)24(38-27)21(30)25-29(23,15(2)3)40-31(39-25,41-30)18-11-8-7-9-12-18/h6-13,17,19,21,23-26,32,35-36H,2,14H2,1,3-5H3. The van der Waals surface area contributed by atoms with Gasteiger partial charge in [-0.05, 0) is 31.9 Å². The highest BCUT2D eigenvalue weighted by atomic mass is 16.9. The predicted molar refractivity (Wildman–Crippen MR) is 141 cm³/mol. The molecule has 6 aliphatic rings. The van der Waals surface area contributed by atoms with Gasteiger partial charge in [0.15, 0.2) is 17.0 Å². The fourth-order valence-electron chi connectivity index (χ4n) is 8.61. The molecule has 3 bridgehead atoms. The van der Waals surface area contributed by atoms with E-state index in [1.807, 2.05) is 13.0 Å². The highest BCUT2D eigenvalue weighted by Crippen LogP contribution is 2.74. The van der Waals surface area contributed by atoms with Crippen LogP contribution in [-0.4, -0.2) is 80.5 Å². The summed E-state index contributed by atoms with van der Waals surface area (Å²) in [6.07, 6.45) is -0.146. The van der Waals surface area contributed by atoms with E-state index in [-0.39, 0.29) is 5.57 Å². The summed E-state index contributed by atoms with van der Waals surface area (Å²) in [4.78, 5) is 26.7. The number of fused-ring (bicyclic) bond motifs is 3. The largest absolute Gasteiger partial charge is 0.455 e. The molecule has 2 saturated carbocycles. The number of hydrogen-bond acceptors (Lipinski definition) is 10. The average molecular weight is 567 g/mol. The van der Waals surface area contributed by atoms with Gasteiger partial charge in [0.25, 0.3) is 0 Å². The zero-order valence-corrected chi connectivity index (χ0v) is 23.3. The Balaban J connectivity index is 1.55. The lowest BCUT2D eigenvalue weighted by Crippen LogP contribution is -2.76. The van der Waals surface area contributed by atoms with Crippen LogP contribution in [0.3, 0.4) is 0 Å². The molecule has 0 aromatic heterocycles. The molecule has 3 saturated heterocycles. The molecule has 3 heterocycles. The van der Waals surface area contributed by atoms with Crippen molar-refractivity contribution in [3.8, 4) is 0 Å². The third-order valence-corrected chi connectivity index (χ3v) is 10.4. The number of rotatable bonds is 5. The Bertz CT molecular complexity index is 1420. The SMILES string of the molecule is C=C(C)C12OC3(c4ccccc4)OC1C1C4OC4(CO)C(O)C4(O)C(=O)C(C)=CC4C1(O3)C(C)C2OC(=O)C=CC. The lowest BCUT2D eigenvalue weighted by atomic mass is 9.53. The third-order valence-electron chi connectivity index (χ3n) is 10.4. The molecule has 41 heavy (non-hydrogen) atoms. The number of aliphatic hydroxyl groups is 3. The molecule has 7 rings (SSSR count). The van der Waals surface area contributed by atoms with E-state index in [4.69, 9.17) is 23.7 Å². The zero-order valence-electron chi connectivity index (χ0n) is 23.3. The Morgan fingerprint density at radius 2 is 1.88 bits per heavy atom. The summed E-state index contributed by atoms with van der Waals surface area (Å²) in [6.45, 7) is 10.4. The van der Waals surface area contributed by atoms with Crippen molar-refractivity contribution >= 4 is 11.8 Å². The summed E-state index contributed by atoms with van der Waals surface area (Å²) in [5.74, 6) is -5.79. The van der Waals surface area contributed by atoms with E-state index in [0.717, 1.165) is 0 Å². The summed E-state index contributed by atoms with van der Waals surface area (Å²) in [5, 5.41) is 34.6. The van der Waals surface area contributed by atoms with Gasteiger partial charge in [-0.3, -0.25) is 4.79 Å². The smallest absolute Gasteiger partial charge is 0.330 e. The van der Waals surface area contributed by atoms with Gasteiger partial charge in [0, 0.05) is 29.4 Å². The second kappa shape index (κ2) is 8.23. The molecule has 1 aromatic carbocycles. The van der Waals surface area contributed by atoms with Crippen molar-refractivity contribution in [2.45, 2.75) is 80.5 Å². The van der Waals surface area contributed by atoms with Crippen molar-refractivity contribution in [1.82, 2.24) is 0 Å². The highest BCUT2D eigenvalue weighted by Gasteiger charge is 2.90. The lowest BCUT2D eigenvalue weighted by molar-refractivity contribution is -0.440. The molecule has 0 radical (unpaired) electrons. The number of carbonyl (C=O) groups is 2. The Labute approximate surface area is 237 Å². The van der Waals surface area contributed by atoms with Crippen molar-refractivity contribution in [3.63, 3.8) is 0 Å². The molecule has 12 atom stereocenters. The molecule has 3 aliphatic carbocycles. The van der Waals surface area contributed by atoms with Crippen LogP contribution in [0.2, 0.25) is 0 Å². The van der Waals surface area contributed by atoms with Gasteiger partial charge in [0.05, 0.1) is 12.2 Å². The molecule has 1 aromatic rings. The van der Waals surface area contributed by atoms with E-state index >= 15 is 0 Å². The van der Waals surface area contributed by atoms with Gasteiger partial charge in [0.2, 0.25) is 0 Å². The summed E-state index contributed by atoms with van der Waals surface area (Å²) in [5.41, 5.74) is -5.77. The zero-order chi connectivity index (χ0) is 29.3. The third kappa shape index (κ3) is 2.87. The molecule has 0 amide bonds. The number of esters is 1. The van der Waals surface area contributed by atoms with Crippen LogP contribution in [0.5, 0.6) is 0 Å². The quantitative estimate of drug-likeness (QED) is 0.207. The van der Waals surface area contributed by atoms with Crippen LogP contribution in [0.15, 0.2) is 66.3 Å². The van der Waals surface area contributed by atoms with Crippen molar-refractivity contribution in [2.75, 3.05) is 6.61 Å². The van der Waals surface area contributed by atoms with Crippen molar-refractivity contribution in [2.24, 2.45) is 17.8 Å². The Kier molecular flexibility index (Phi) is 5.45. The number of carbonyl (C=O) groups excluding carboxylic acids is 2. The van der Waals surface area contributed by atoms with E-state index in [9.17, 15) is 24.9 Å². The first-order chi connectivity index (χ1) is 19.4. The Morgan fingerprint density at radius 3 is 2.51 bits per heavy atom. The first-order valence-electron chi connectivity index (χ1n) is 14.0. The fourth-order valence-corrected chi connectivity index (χ4v) is 8.61. The van der Waals surface area contributed by atoms with Gasteiger partial charge in [-0.1, -0.05) is 56.0 Å². The molecule has 3 aliphatic heterocycles. The Hall–Kier alpha value is -2.70. The molecule has 10 nitrogen and oxygen atoms in total. The van der Waals surface area contributed by atoms with Gasteiger partial charge in [-0.25, -0.2) is 4.79 Å². The summed E-state index contributed by atoms with van der Waals surface area (Å²) in [6, 6.07) is 8.99. The van der Waals surface area contributed by atoms with E-state index in [0.29, 0.717) is 11.1 Å². The van der Waals surface area contributed by atoms with Crippen LogP contribution in [-0.2, 0) is 39.2 Å². The molecule has 5 fully saturated rings. The second-order valence-electron chi connectivity index (χ2n) is 12.3. The minimum atomic E-state index is -2.40. The lowest BCUT2D eigenvalue weighted by Gasteiger charge is -2.61. The maximum Gasteiger partial charge on any atom is 0.330 e. The number of ether oxygens (including phenoxy) is 5. The molecule has 3 N–H and O–H groups in total. The van der Waals surface area contributed by atoms with Gasteiger partial charge in [-0.15, -0.1) is 0 Å². The highest BCUT2D eigenvalue weighted by molar-refractivity contribution is 6.05. The van der Waals surface area contributed by atoms with Crippen LogP contribution in [0.4, 0.5) is 0 Å². The normalized spacial score (nSPS) is 50.6. The number of ketones is 1. The predicted octanol–water partition coefficient (Wildman–Crippen LogP) is 1.43. The summed E-state index contributed by atoms with van der Waals surface area (Å²) >= 11 is 0. The molecular formula is C31H34O10. The minimum absolute atomic E-state index is 0.236. The van der Waals surface area contributed by atoms with E-state index in [1.54, 1.807) is 57.2 Å². The number of epoxide rings is 1. The molecule has 0 spiro atoms. The maximum absolute atomic E-state index is 13.7. The van der Waals surface area contributed by atoms with E-state index in [1.165, 1.54) is 6.08 Å². The first kappa shape index (κ1) is 27.2. The average Bonchev–Trinajstić information content (AvgIpc) is 3.58. The van der Waals surface area contributed by atoms with Crippen LogP contribution >= 0.6 is 0 Å². The van der Waals surface area contributed by atoms with Crippen LogP contribution in [0.25, 0.3) is 0 Å². The van der Waals surface area contributed by atoms with Crippen molar-refractivity contribution < 1.29 is 48.6 Å². The van der Waals surface area contributed by atoms with Crippen LogP contribution < -0.4 is 0 Å². The number of hydrogen-bond donors (Lipinski definition) is 3. The van der Waals surface area contributed by atoms with Gasteiger partial charge in [0.1, 0.15) is 30.0 Å². The summed E-state index contributed by atoms with van der Waals surface area (Å²) < 4.78 is 32.9. The number of Topliss-reactive ketones (excluding diaryl/α,β-unsaturated/α-hetero) is 1. The number of aliphatic hydroxyl groups excluding tert-OH is 2. The van der Waals surface area contributed by atoms with Crippen LogP contribution in [0, 0.1) is 17.8 Å².